The van der Waals surface area contributed by atoms with Crippen LogP contribution in [0, 0.1) is 0 Å². The van der Waals surface area contributed by atoms with Gasteiger partial charge >= 0.3 is 6.72 Å². The third-order valence-corrected chi connectivity index (χ3v) is 5.54. The summed E-state index contributed by atoms with van der Waals surface area (Å²) in [6.07, 6.45) is 0. The van der Waals surface area contributed by atoms with E-state index in [2.05, 4.69) is 15.9 Å². The molecule has 8 heteroatoms. The van der Waals surface area contributed by atoms with E-state index in [1.54, 1.807) is 18.2 Å². The number of hydrogen-bond acceptors (Lipinski definition) is 4. The first-order valence-corrected chi connectivity index (χ1v) is 9.37. The summed E-state index contributed by atoms with van der Waals surface area (Å²) in [5.74, 6) is 0.365. The summed E-state index contributed by atoms with van der Waals surface area (Å²) in [5.41, 5.74) is 2.00. The van der Waals surface area contributed by atoms with Gasteiger partial charge in [0.25, 0.3) is 0 Å². The van der Waals surface area contributed by atoms with Crippen LogP contribution in [0.3, 0.4) is 0 Å². The number of hydrogen-bond donors (Lipinski definition) is 0. The fraction of sp³-hybridized carbons (Fsp3) is 0.273. The molecule has 0 radical (unpaired) electrons. The quantitative estimate of drug-likeness (QED) is 0.457. The molecule has 0 bridgehead atoms. The smallest absolute Gasteiger partial charge is 0.380 e. The van der Waals surface area contributed by atoms with Gasteiger partial charge in [0.15, 0.2) is 0 Å². The molecular formula is C11H12BrCl2O3PS. The van der Waals surface area contributed by atoms with E-state index in [9.17, 15) is 0 Å². The number of rotatable bonds is 6. The summed E-state index contributed by atoms with van der Waals surface area (Å²) in [5, 5.41) is 0.598. The first-order chi connectivity index (χ1) is 8.95. The Morgan fingerprint density at radius 1 is 1.53 bits per heavy atom. The Bertz CT molecular complexity index is 525. The molecule has 0 N–H and O–H groups in total. The van der Waals surface area contributed by atoms with Gasteiger partial charge in [-0.15, -0.1) is 0 Å². The highest BCUT2D eigenvalue weighted by Gasteiger charge is 2.22. The summed E-state index contributed by atoms with van der Waals surface area (Å²) in [6, 6.07) is 5.22. The van der Waals surface area contributed by atoms with E-state index in [0.717, 1.165) is 4.47 Å². The molecule has 0 amide bonds. The van der Waals surface area contributed by atoms with Crippen LogP contribution in [-0.2, 0) is 25.4 Å². The molecule has 0 aliphatic carbocycles. The molecule has 0 fully saturated rings. The van der Waals surface area contributed by atoms with Crippen LogP contribution in [0.2, 0.25) is 5.02 Å². The zero-order chi connectivity index (χ0) is 14.5. The third kappa shape index (κ3) is 5.01. The van der Waals surface area contributed by atoms with Crippen molar-refractivity contribution in [2.45, 2.75) is 6.92 Å². The second-order valence-electron chi connectivity index (χ2n) is 3.24. The minimum atomic E-state index is -2.84. The monoisotopic (exact) mass is 404 g/mol. The average Bonchev–Trinajstić information content (AvgIpc) is 2.37. The van der Waals surface area contributed by atoms with Crippen molar-refractivity contribution < 1.29 is 13.6 Å². The van der Waals surface area contributed by atoms with Gasteiger partial charge < -0.3 is 9.05 Å². The van der Waals surface area contributed by atoms with Crippen molar-refractivity contribution >= 4 is 63.4 Å². The lowest BCUT2D eigenvalue weighted by Crippen LogP contribution is -1.98. The Balaban J connectivity index is 3.05. The minimum Gasteiger partial charge on any atom is -0.423 e. The summed E-state index contributed by atoms with van der Waals surface area (Å²) >= 11 is 20.3. The third-order valence-electron chi connectivity index (χ3n) is 2.02. The van der Waals surface area contributed by atoms with Crippen LogP contribution in [-0.4, -0.2) is 13.7 Å². The zero-order valence-electron chi connectivity index (χ0n) is 10.2. The molecule has 1 rings (SSSR count). The minimum absolute atomic E-state index is 0.365. The van der Waals surface area contributed by atoms with Crippen molar-refractivity contribution in [3.8, 4) is 0 Å². The Morgan fingerprint density at radius 2 is 2.21 bits per heavy atom. The van der Waals surface area contributed by atoms with Gasteiger partial charge in [0.2, 0.25) is 0 Å². The van der Waals surface area contributed by atoms with Crippen molar-refractivity contribution in [1.29, 1.82) is 0 Å². The highest BCUT2D eigenvalue weighted by atomic mass is 79.9. The topological polar surface area (TPSA) is 27.7 Å². The maximum Gasteiger partial charge on any atom is 0.380 e. The maximum absolute atomic E-state index is 5.89. The van der Waals surface area contributed by atoms with Crippen LogP contribution >= 0.6 is 45.9 Å². The van der Waals surface area contributed by atoms with E-state index in [1.807, 2.05) is 6.92 Å². The normalized spacial score (nSPS) is 15.1. The zero-order valence-corrected chi connectivity index (χ0v) is 15.0. The fourth-order valence-electron chi connectivity index (χ4n) is 1.21. The molecule has 19 heavy (non-hydrogen) atoms. The Morgan fingerprint density at radius 3 is 2.68 bits per heavy atom. The lowest BCUT2D eigenvalue weighted by atomic mass is 10.2. The van der Waals surface area contributed by atoms with Crippen molar-refractivity contribution in [3.63, 3.8) is 0 Å². The van der Waals surface area contributed by atoms with Crippen molar-refractivity contribution in [1.82, 2.24) is 0 Å². The molecule has 0 aliphatic heterocycles. The summed E-state index contributed by atoms with van der Waals surface area (Å²) < 4.78 is 16.8. The lowest BCUT2D eigenvalue weighted by Gasteiger charge is -2.21. The first kappa shape index (κ1) is 17.4. The van der Waals surface area contributed by atoms with E-state index >= 15 is 0 Å². The molecule has 1 atom stereocenters. The molecule has 0 aliphatic rings. The van der Waals surface area contributed by atoms with Gasteiger partial charge in [0, 0.05) is 39.5 Å². The molecular weight excluding hydrogens is 394 g/mol. The second-order valence-corrected chi connectivity index (χ2v) is 7.79. The van der Waals surface area contributed by atoms with Crippen molar-refractivity contribution in [2.75, 3.05) is 13.7 Å². The van der Waals surface area contributed by atoms with Gasteiger partial charge in [0.1, 0.15) is 5.76 Å². The molecule has 1 aromatic rings. The number of halogens is 3. The first-order valence-electron chi connectivity index (χ1n) is 5.21. The molecule has 0 spiro atoms. The molecule has 106 valence electrons. The van der Waals surface area contributed by atoms with E-state index in [1.165, 1.54) is 12.6 Å². The lowest BCUT2D eigenvalue weighted by molar-refractivity contribution is 0.233. The molecule has 1 aromatic carbocycles. The maximum atomic E-state index is 5.89. The largest absolute Gasteiger partial charge is 0.423 e. The fourth-order valence-corrected chi connectivity index (χ4v) is 3.81. The summed E-state index contributed by atoms with van der Waals surface area (Å²) in [6.45, 7) is -0.641. The van der Waals surface area contributed by atoms with E-state index in [4.69, 9.17) is 48.6 Å². The molecule has 0 heterocycles. The SMILES string of the molecule is CCOP(=S)(OC)OC(=CCl)c1ccc(Cl)cc1Br. The highest BCUT2D eigenvalue weighted by Crippen LogP contribution is 2.53. The van der Waals surface area contributed by atoms with E-state index in [-0.39, 0.29) is 0 Å². The van der Waals surface area contributed by atoms with Crippen LogP contribution in [0.1, 0.15) is 12.5 Å². The number of benzene rings is 1. The molecule has 0 saturated carbocycles. The standard InChI is InChI=1S/C11H12BrCl2O3PS/c1-3-16-18(19,15-2)17-11(7-13)9-5-4-8(14)6-10(9)12/h4-7H,3H2,1-2H3. The van der Waals surface area contributed by atoms with Crippen LogP contribution in [0.25, 0.3) is 5.76 Å². The van der Waals surface area contributed by atoms with E-state index in [0.29, 0.717) is 23.0 Å². The average molecular weight is 406 g/mol. The Hall–Kier alpha value is 0.390. The molecule has 3 nitrogen and oxygen atoms in total. The van der Waals surface area contributed by atoms with Crippen LogP contribution in [0.4, 0.5) is 0 Å². The summed E-state index contributed by atoms with van der Waals surface area (Å²) in [7, 11) is 1.44. The van der Waals surface area contributed by atoms with Crippen LogP contribution in [0.5, 0.6) is 0 Å². The van der Waals surface area contributed by atoms with Gasteiger partial charge in [-0.1, -0.05) is 23.2 Å². The van der Waals surface area contributed by atoms with Gasteiger partial charge in [-0.05, 0) is 41.1 Å². The van der Waals surface area contributed by atoms with Gasteiger partial charge in [-0.2, -0.15) is 0 Å². The summed E-state index contributed by atoms with van der Waals surface area (Å²) in [4.78, 5) is 0. The molecule has 0 aromatic heterocycles. The van der Waals surface area contributed by atoms with Crippen molar-refractivity contribution in [3.05, 3.63) is 38.8 Å². The molecule has 1 unspecified atom stereocenters. The van der Waals surface area contributed by atoms with Crippen molar-refractivity contribution in [2.24, 2.45) is 0 Å². The van der Waals surface area contributed by atoms with E-state index < -0.39 is 6.72 Å². The predicted octanol–water partition coefficient (Wildman–Crippen LogP) is 5.56. The Labute approximate surface area is 136 Å². The predicted molar refractivity (Wildman–Crippen MR) is 87.0 cm³/mol. The van der Waals surface area contributed by atoms with Crippen LogP contribution in [0.15, 0.2) is 28.2 Å². The van der Waals surface area contributed by atoms with Gasteiger partial charge in [-0.25, -0.2) is 0 Å². The molecule has 0 saturated heterocycles. The van der Waals surface area contributed by atoms with Crippen LogP contribution < -0.4 is 0 Å². The highest BCUT2D eigenvalue weighted by molar-refractivity contribution is 9.10. The Kier molecular flexibility index (Phi) is 7.33. The van der Waals surface area contributed by atoms with Gasteiger partial charge in [0.05, 0.1) is 6.61 Å². The van der Waals surface area contributed by atoms with Gasteiger partial charge in [-0.3, -0.25) is 4.52 Å². The second kappa shape index (κ2) is 7.99.